The predicted molar refractivity (Wildman–Crippen MR) is 163 cm³/mol. The summed E-state index contributed by atoms with van der Waals surface area (Å²) < 4.78 is 0. The van der Waals surface area contributed by atoms with E-state index < -0.39 is 11.9 Å². The molecule has 0 aromatic rings. The third-order valence-corrected chi connectivity index (χ3v) is 7.52. The topological polar surface area (TPSA) is 74.6 Å². The van der Waals surface area contributed by atoms with Crippen molar-refractivity contribution >= 4 is 11.9 Å². The summed E-state index contributed by atoms with van der Waals surface area (Å²) in [6, 6.07) is 0. The smallest absolute Gasteiger partial charge is 0.306 e. The van der Waals surface area contributed by atoms with Gasteiger partial charge in [0.15, 0.2) is 0 Å². The fourth-order valence-electron chi connectivity index (χ4n) is 4.99. The molecule has 0 saturated heterocycles. The Morgan fingerprint density at radius 3 is 1.21 bits per heavy atom. The van der Waals surface area contributed by atoms with E-state index in [-0.39, 0.29) is 5.92 Å². The monoisotopic (exact) mass is 534 g/mol. The molecule has 2 N–H and O–H groups in total. The van der Waals surface area contributed by atoms with Crippen molar-refractivity contribution in [3.05, 3.63) is 24.3 Å². The van der Waals surface area contributed by atoms with E-state index in [2.05, 4.69) is 31.2 Å². The van der Waals surface area contributed by atoms with Crippen LogP contribution in [0.15, 0.2) is 24.3 Å². The number of unbranched alkanes of at least 4 members (excludes halogenated alkanes) is 19. The largest absolute Gasteiger partial charge is 0.481 e. The molecular formula is C34H62O4. The van der Waals surface area contributed by atoms with Crippen molar-refractivity contribution in [1.29, 1.82) is 0 Å². The second-order valence-corrected chi connectivity index (χ2v) is 11.2. The number of hydrogen-bond acceptors (Lipinski definition) is 2. The highest BCUT2D eigenvalue weighted by Crippen LogP contribution is 2.20. The maximum atomic E-state index is 11.6. The molecule has 0 saturated carbocycles. The molecule has 4 heteroatoms. The van der Waals surface area contributed by atoms with E-state index >= 15 is 0 Å². The Morgan fingerprint density at radius 1 is 0.500 bits per heavy atom. The van der Waals surface area contributed by atoms with Gasteiger partial charge in [0.05, 0.1) is 5.92 Å². The van der Waals surface area contributed by atoms with Gasteiger partial charge in [-0.3, -0.25) is 9.59 Å². The van der Waals surface area contributed by atoms with Gasteiger partial charge < -0.3 is 10.2 Å². The molecule has 0 heterocycles. The first-order valence-electron chi connectivity index (χ1n) is 16.3. The molecule has 0 aliphatic carbocycles. The van der Waals surface area contributed by atoms with Crippen LogP contribution in [0.1, 0.15) is 174 Å². The van der Waals surface area contributed by atoms with Gasteiger partial charge in [0, 0.05) is 6.42 Å². The van der Waals surface area contributed by atoms with Gasteiger partial charge in [-0.15, -0.1) is 0 Å². The molecule has 0 aromatic heterocycles. The molecule has 0 rings (SSSR count). The average Bonchev–Trinajstić information content (AvgIpc) is 2.89. The van der Waals surface area contributed by atoms with Crippen LogP contribution in [0.5, 0.6) is 0 Å². The minimum absolute atomic E-state index is 0.145. The summed E-state index contributed by atoms with van der Waals surface area (Å²) in [5, 5.41) is 18.2. The van der Waals surface area contributed by atoms with E-state index in [9.17, 15) is 14.7 Å². The molecule has 0 radical (unpaired) electrons. The van der Waals surface area contributed by atoms with E-state index in [4.69, 9.17) is 5.11 Å². The molecule has 1 atom stereocenters. The lowest BCUT2D eigenvalue weighted by molar-refractivity contribution is -0.142. The van der Waals surface area contributed by atoms with Crippen LogP contribution in [-0.4, -0.2) is 22.2 Å². The van der Waals surface area contributed by atoms with Crippen LogP contribution in [-0.2, 0) is 9.59 Å². The Kier molecular flexibility index (Phi) is 28.7. The molecule has 4 nitrogen and oxygen atoms in total. The summed E-state index contributed by atoms with van der Waals surface area (Å²) in [7, 11) is 0. The highest BCUT2D eigenvalue weighted by molar-refractivity contribution is 5.69. The van der Waals surface area contributed by atoms with Crippen molar-refractivity contribution in [2.24, 2.45) is 5.92 Å². The fraction of sp³-hybridized carbons (Fsp3) is 0.824. The molecule has 0 aromatic carbocycles. The lowest BCUT2D eigenvalue weighted by atomic mass is 9.94. The van der Waals surface area contributed by atoms with Gasteiger partial charge in [-0.2, -0.15) is 0 Å². The molecule has 38 heavy (non-hydrogen) atoms. The van der Waals surface area contributed by atoms with Crippen LogP contribution in [0, 0.1) is 5.92 Å². The van der Waals surface area contributed by atoms with Crippen molar-refractivity contribution in [3.63, 3.8) is 0 Å². The molecule has 0 spiro atoms. The highest BCUT2D eigenvalue weighted by Gasteiger charge is 2.16. The average molecular weight is 535 g/mol. The Balaban J connectivity index is 3.49. The van der Waals surface area contributed by atoms with E-state index in [1.165, 1.54) is 89.9 Å². The second kappa shape index (κ2) is 30.0. The summed E-state index contributed by atoms with van der Waals surface area (Å²) in [6.07, 6.45) is 38.6. The van der Waals surface area contributed by atoms with Crippen molar-refractivity contribution in [2.45, 2.75) is 174 Å². The summed E-state index contributed by atoms with van der Waals surface area (Å²) >= 11 is 0. The maximum Gasteiger partial charge on any atom is 0.306 e. The zero-order chi connectivity index (χ0) is 27.9. The summed E-state index contributed by atoms with van der Waals surface area (Å²) in [5.74, 6) is -1.42. The van der Waals surface area contributed by atoms with E-state index in [0.717, 1.165) is 70.6 Å². The van der Waals surface area contributed by atoms with Gasteiger partial charge in [0.1, 0.15) is 0 Å². The number of hydrogen-bond donors (Lipinski definition) is 2. The number of carboxylic acids is 2. The molecular weight excluding hydrogens is 472 g/mol. The molecule has 0 aliphatic rings. The highest BCUT2D eigenvalue weighted by atomic mass is 16.4. The van der Waals surface area contributed by atoms with E-state index in [0.29, 0.717) is 6.42 Å². The summed E-state index contributed by atoms with van der Waals surface area (Å²) in [6.45, 7) is 2.25. The van der Waals surface area contributed by atoms with Crippen LogP contribution < -0.4 is 0 Å². The quantitative estimate of drug-likeness (QED) is 0.0709. The third kappa shape index (κ3) is 29.0. The van der Waals surface area contributed by atoms with Gasteiger partial charge in [-0.05, 0) is 70.6 Å². The van der Waals surface area contributed by atoms with E-state index in [1.807, 2.05) is 0 Å². The summed E-state index contributed by atoms with van der Waals surface area (Å²) in [5.41, 5.74) is 0. The van der Waals surface area contributed by atoms with Gasteiger partial charge in [-0.1, -0.05) is 121 Å². The molecule has 0 aliphatic heterocycles. The minimum atomic E-state index is -0.682. The zero-order valence-corrected chi connectivity index (χ0v) is 25.0. The molecule has 0 amide bonds. The van der Waals surface area contributed by atoms with E-state index in [1.54, 1.807) is 0 Å². The first kappa shape index (κ1) is 36.4. The Morgan fingerprint density at radius 2 is 0.842 bits per heavy atom. The Hall–Kier alpha value is -1.58. The number of carboxylic acid groups (broad SMARTS) is 2. The number of aliphatic carboxylic acids is 2. The SMILES string of the molecule is CCCCCCC=CCCCCCCC(CCCCCCCCC=CCCCCCCCC(=O)O)C(=O)O. The van der Waals surface area contributed by atoms with Gasteiger partial charge in [0.25, 0.3) is 0 Å². The van der Waals surface area contributed by atoms with Crippen LogP contribution in [0.3, 0.4) is 0 Å². The normalized spacial score (nSPS) is 12.6. The zero-order valence-electron chi connectivity index (χ0n) is 25.0. The lowest BCUT2D eigenvalue weighted by Crippen LogP contribution is -2.13. The van der Waals surface area contributed by atoms with Crippen molar-refractivity contribution in [2.75, 3.05) is 0 Å². The van der Waals surface area contributed by atoms with Crippen LogP contribution in [0.25, 0.3) is 0 Å². The number of rotatable bonds is 30. The maximum absolute atomic E-state index is 11.6. The van der Waals surface area contributed by atoms with Crippen molar-refractivity contribution in [3.8, 4) is 0 Å². The van der Waals surface area contributed by atoms with Crippen LogP contribution >= 0.6 is 0 Å². The number of carbonyl (C=O) groups is 2. The Bertz CT molecular complexity index is 581. The standard InChI is InChI=1S/C34H62O4/c1-2-3-4-5-6-7-8-14-17-20-23-26-29-32(34(37)38)30-27-24-21-18-15-12-10-9-11-13-16-19-22-25-28-31-33(35)36/h7-9,11,32H,2-6,10,12-31H2,1H3,(H,35,36)(H,37,38). The second-order valence-electron chi connectivity index (χ2n) is 11.2. The van der Waals surface area contributed by atoms with Crippen molar-refractivity contribution < 1.29 is 19.8 Å². The van der Waals surface area contributed by atoms with Gasteiger partial charge in [0.2, 0.25) is 0 Å². The van der Waals surface area contributed by atoms with Gasteiger partial charge in [-0.25, -0.2) is 0 Å². The first-order valence-corrected chi connectivity index (χ1v) is 16.3. The number of allylic oxidation sites excluding steroid dienone is 4. The Labute approximate surface area is 235 Å². The lowest BCUT2D eigenvalue weighted by Gasteiger charge is -2.12. The first-order chi connectivity index (χ1) is 18.6. The fourth-order valence-corrected chi connectivity index (χ4v) is 4.99. The molecule has 0 bridgehead atoms. The van der Waals surface area contributed by atoms with Crippen LogP contribution in [0.4, 0.5) is 0 Å². The summed E-state index contributed by atoms with van der Waals surface area (Å²) in [4.78, 5) is 22.1. The third-order valence-electron chi connectivity index (χ3n) is 7.52. The van der Waals surface area contributed by atoms with Crippen LogP contribution in [0.2, 0.25) is 0 Å². The molecule has 222 valence electrons. The molecule has 1 unspecified atom stereocenters. The predicted octanol–water partition coefficient (Wildman–Crippen LogP) is 11.0. The van der Waals surface area contributed by atoms with Gasteiger partial charge >= 0.3 is 11.9 Å². The van der Waals surface area contributed by atoms with Crippen molar-refractivity contribution in [1.82, 2.24) is 0 Å². The minimum Gasteiger partial charge on any atom is -0.481 e. The molecule has 0 fully saturated rings.